The van der Waals surface area contributed by atoms with Gasteiger partial charge in [-0.25, -0.2) is 8.42 Å². The normalized spacial score (nSPS) is 12.0. The van der Waals surface area contributed by atoms with Crippen molar-refractivity contribution in [2.45, 2.75) is 52.1 Å². The molecule has 1 atom stereocenters. The zero-order chi connectivity index (χ0) is 29.1. The molecule has 0 spiro atoms. The van der Waals surface area contributed by atoms with Crippen LogP contribution in [0.5, 0.6) is 0 Å². The summed E-state index contributed by atoms with van der Waals surface area (Å²) in [5, 5.41) is 3.48. The molecule has 0 aliphatic carbocycles. The fourth-order valence-electron chi connectivity index (χ4n) is 4.50. The SMILES string of the molecule is CCCNC(=O)[C@H](Cc1ccccc1)N(Cc1ccccc1C)C(=O)CCCN(c1ccc(Cl)cc1)S(C)(=O)=O. The van der Waals surface area contributed by atoms with Gasteiger partial charge in [-0.05, 0) is 60.7 Å². The highest BCUT2D eigenvalue weighted by Gasteiger charge is 2.30. The van der Waals surface area contributed by atoms with E-state index in [1.165, 1.54) is 4.31 Å². The highest BCUT2D eigenvalue weighted by Crippen LogP contribution is 2.22. The van der Waals surface area contributed by atoms with Crippen molar-refractivity contribution in [3.05, 3.63) is 101 Å². The van der Waals surface area contributed by atoms with Gasteiger partial charge in [-0.3, -0.25) is 13.9 Å². The maximum atomic E-state index is 13.8. The van der Waals surface area contributed by atoms with Crippen LogP contribution in [-0.4, -0.2) is 50.5 Å². The molecular formula is C31H38ClN3O4S. The summed E-state index contributed by atoms with van der Waals surface area (Å²) in [6, 6.07) is 23.3. The molecule has 0 saturated heterocycles. The first kappa shape index (κ1) is 31.2. The monoisotopic (exact) mass is 583 g/mol. The molecule has 7 nitrogen and oxygen atoms in total. The molecule has 0 bridgehead atoms. The van der Waals surface area contributed by atoms with Crippen LogP contribution in [0.4, 0.5) is 5.69 Å². The van der Waals surface area contributed by atoms with E-state index >= 15 is 0 Å². The summed E-state index contributed by atoms with van der Waals surface area (Å²) < 4.78 is 26.4. The third-order valence-corrected chi connectivity index (χ3v) is 8.14. The van der Waals surface area contributed by atoms with Crippen molar-refractivity contribution in [2.75, 3.05) is 23.7 Å². The Labute approximate surface area is 243 Å². The fraction of sp³-hybridized carbons (Fsp3) is 0.355. The molecule has 40 heavy (non-hydrogen) atoms. The molecule has 0 saturated carbocycles. The quantitative estimate of drug-likeness (QED) is 0.277. The minimum Gasteiger partial charge on any atom is -0.354 e. The lowest BCUT2D eigenvalue weighted by atomic mass is 10.0. The Balaban J connectivity index is 1.87. The molecule has 0 unspecified atom stereocenters. The maximum Gasteiger partial charge on any atom is 0.243 e. The van der Waals surface area contributed by atoms with Crippen molar-refractivity contribution < 1.29 is 18.0 Å². The van der Waals surface area contributed by atoms with Crippen LogP contribution in [0.25, 0.3) is 0 Å². The van der Waals surface area contributed by atoms with Crippen LogP contribution in [0.3, 0.4) is 0 Å². The van der Waals surface area contributed by atoms with Crippen molar-refractivity contribution >= 4 is 39.1 Å². The summed E-state index contributed by atoms with van der Waals surface area (Å²) >= 11 is 5.98. The summed E-state index contributed by atoms with van der Waals surface area (Å²) in [5.74, 6) is -0.410. The lowest BCUT2D eigenvalue weighted by molar-refractivity contribution is -0.141. The zero-order valence-electron chi connectivity index (χ0n) is 23.3. The van der Waals surface area contributed by atoms with Gasteiger partial charge >= 0.3 is 0 Å². The van der Waals surface area contributed by atoms with Crippen molar-refractivity contribution in [1.82, 2.24) is 10.2 Å². The van der Waals surface area contributed by atoms with E-state index in [9.17, 15) is 18.0 Å². The molecule has 9 heteroatoms. The number of rotatable bonds is 14. The van der Waals surface area contributed by atoms with Gasteiger partial charge in [-0.1, -0.05) is 73.1 Å². The first-order chi connectivity index (χ1) is 19.1. The second-order valence-electron chi connectivity index (χ2n) is 9.86. The molecule has 0 heterocycles. The molecule has 1 N–H and O–H groups in total. The van der Waals surface area contributed by atoms with Gasteiger partial charge < -0.3 is 10.2 Å². The Kier molecular flexibility index (Phi) is 11.6. The van der Waals surface area contributed by atoms with Gasteiger partial charge in [0, 0.05) is 37.5 Å². The van der Waals surface area contributed by atoms with Gasteiger partial charge in [-0.15, -0.1) is 0 Å². The molecular weight excluding hydrogens is 546 g/mol. The average molecular weight is 584 g/mol. The van der Waals surface area contributed by atoms with Crippen molar-refractivity contribution in [1.29, 1.82) is 0 Å². The summed E-state index contributed by atoms with van der Waals surface area (Å²) in [4.78, 5) is 28.9. The van der Waals surface area contributed by atoms with Crippen LogP contribution in [0.15, 0.2) is 78.9 Å². The van der Waals surface area contributed by atoms with E-state index in [0.29, 0.717) is 23.7 Å². The molecule has 0 fully saturated rings. The van der Waals surface area contributed by atoms with Crippen LogP contribution < -0.4 is 9.62 Å². The number of carbonyl (C=O) groups excluding carboxylic acids is 2. The van der Waals surface area contributed by atoms with Gasteiger partial charge in [0.25, 0.3) is 0 Å². The second-order valence-corrected chi connectivity index (χ2v) is 12.2. The van der Waals surface area contributed by atoms with E-state index in [1.807, 2.05) is 68.4 Å². The number of benzene rings is 3. The molecule has 3 aromatic carbocycles. The lowest BCUT2D eigenvalue weighted by Crippen LogP contribution is -2.50. The third kappa shape index (κ3) is 9.10. The van der Waals surface area contributed by atoms with Crippen molar-refractivity contribution in [3.63, 3.8) is 0 Å². The number of aryl methyl sites for hydroxylation is 1. The highest BCUT2D eigenvalue weighted by atomic mass is 35.5. The van der Waals surface area contributed by atoms with Crippen molar-refractivity contribution in [2.24, 2.45) is 0 Å². The largest absolute Gasteiger partial charge is 0.354 e. The van der Waals surface area contributed by atoms with E-state index in [0.717, 1.165) is 29.4 Å². The maximum absolute atomic E-state index is 13.8. The van der Waals surface area contributed by atoms with Gasteiger partial charge in [0.1, 0.15) is 6.04 Å². The smallest absolute Gasteiger partial charge is 0.243 e. The Morgan fingerprint density at radius 3 is 2.23 bits per heavy atom. The van der Waals surface area contributed by atoms with Gasteiger partial charge in [0.05, 0.1) is 11.9 Å². The number of hydrogen-bond donors (Lipinski definition) is 1. The fourth-order valence-corrected chi connectivity index (χ4v) is 5.59. The lowest BCUT2D eigenvalue weighted by Gasteiger charge is -2.32. The van der Waals surface area contributed by atoms with E-state index in [-0.39, 0.29) is 37.7 Å². The Morgan fingerprint density at radius 1 is 0.950 bits per heavy atom. The number of anilines is 1. The second kappa shape index (κ2) is 14.9. The van der Waals surface area contributed by atoms with Crippen molar-refractivity contribution in [3.8, 4) is 0 Å². The molecule has 3 aromatic rings. The van der Waals surface area contributed by atoms with Crippen LogP contribution in [-0.2, 0) is 32.6 Å². The number of amides is 2. The highest BCUT2D eigenvalue weighted by molar-refractivity contribution is 7.92. The first-order valence-corrected chi connectivity index (χ1v) is 15.7. The van der Waals surface area contributed by atoms with E-state index in [2.05, 4.69) is 5.32 Å². The molecule has 0 radical (unpaired) electrons. The Hall–Kier alpha value is -3.36. The predicted molar refractivity (Wildman–Crippen MR) is 162 cm³/mol. The predicted octanol–water partition coefficient (Wildman–Crippen LogP) is 5.36. The molecule has 0 aliphatic rings. The standard InChI is InChI=1S/C31H38ClN3O4S/c1-4-20-33-31(37)29(22-25-12-6-5-7-13-25)34(23-26-14-9-8-11-24(26)2)30(36)15-10-21-35(40(3,38)39)28-18-16-27(32)17-19-28/h5-9,11-14,16-19,29H,4,10,15,20-23H2,1-3H3,(H,33,37)/t29-/m0/s1. The van der Waals surface area contributed by atoms with E-state index in [4.69, 9.17) is 11.6 Å². The number of carbonyl (C=O) groups is 2. The van der Waals surface area contributed by atoms with Crippen LogP contribution >= 0.6 is 11.6 Å². The van der Waals surface area contributed by atoms with Crippen LogP contribution in [0.1, 0.15) is 42.9 Å². The topological polar surface area (TPSA) is 86.8 Å². The number of nitrogens with zero attached hydrogens (tertiary/aromatic N) is 2. The molecule has 2 amide bonds. The van der Waals surface area contributed by atoms with E-state index < -0.39 is 16.1 Å². The minimum atomic E-state index is -3.58. The number of sulfonamides is 1. The summed E-state index contributed by atoms with van der Waals surface area (Å²) in [5.41, 5.74) is 3.42. The number of halogens is 1. The van der Waals surface area contributed by atoms with Crippen LogP contribution in [0, 0.1) is 6.92 Å². The summed E-state index contributed by atoms with van der Waals surface area (Å²) in [6.07, 6.45) is 2.66. The summed E-state index contributed by atoms with van der Waals surface area (Å²) in [7, 11) is -3.58. The molecule has 214 valence electrons. The minimum absolute atomic E-state index is 0.0812. The molecule has 0 aliphatic heterocycles. The summed E-state index contributed by atoms with van der Waals surface area (Å²) in [6.45, 7) is 4.88. The van der Waals surface area contributed by atoms with Gasteiger partial charge in [-0.2, -0.15) is 0 Å². The Morgan fingerprint density at radius 2 is 1.60 bits per heavy atom. The molecule has 3 rings (SSSR count). The number of nitrogens with one attached hydrogen (secondary N) is 1. The first-order valence-electron chi connectivity index (χ1n) is 13.5. The van der Waals surface area contributed by atoms with Gasteiger partial charge in [0.15, 0.2) is 0 Å². The zero-order valence-corrected chi connectivity index (χ0v) is 24.9. The van der Waals surface area contributed by atoms with E-state index in [1.54, 1.807) is 29.2 Å². The Bertz CT molecular complexity index is 1360. The van der Waals surface area contributed by atoms with Crippen LogP contribution in [0.2, 0.25) is 5.02 Å². The average Bonchev–Trinajstić information content (AvgIpc) is 2.93. The third-order valence-electron chi connectivity index (χ3n) is 6.69. The number of hydrogen-bond acceptors (Lipinski definition) is 4. The van der Waals surface area contributed by atoms with Gasteiger partial charge in [0.2, 0.25) is 21.8 Å². The molecule has 0 aromatic heterocycles.